The van der Waals surface area contributed by atoms with Gasteiger partial charge in [-0.05, 0) is 25.0 Å². The number of carboxylic acid groups (broad SMARTS) is 2. The number of halogens is 6. The van der Waals surface area contributed by atoms with Crippen LogP contribution in [0.4, 0.5) is 26.3 Å². The largest absolute Gasteiger partial charge is 0.490 e. The molecule has 0 unspecified atom stereocenters. The fourth-order valence-electron chi connectivity index (χ4n) is 3.50. The highest BCUT2D eigenvalue weighted by Gasteiger charge is 2.54. The number of aromatic nitrogens is 2. The van der Waals surface area contributed by atoms with Crippen LogP contribution in [0.5, 0.6) is 0 Å². The minimum atomic E-state index is -5.08. The van der Waals surface area contributed by atoms with E-state index < -0.39 is 24.3 Å². The maximum atomic E-state index is 13.1. The van der Waals surface area contributed by atoms with E-state index in [1.807, 2.05) is 11.0 Å². The van der Waals surface area contributed by atoms with E-state index in [1.54, 1.807) is 23.4 Å². The van der Waals surface area contributed by atoms with E-state index in [-0.39, 0.29) is 23.9 Å². The molecular formula is C20H21F6N5O6. The average Bonchev–Trinajstić information content (AvgIpc) is 3.39. The number of fused-ring (bicyclic) bond motifs is 1. The van der Waals surface area contributed by atoms with Gasteiger partial charge in [-0.1, -0.05) is 0 Å². The Kier molecular flexibility index (Phi) is 8.74. The molecule has 1 saturated heterocycles. The van der Waals surface area contributed by atoms with Crippen molar-refractivity contribution < 1.29 is 55.7 Å². The predicted molar refractivity (Wildman–Crippen MR) is 112 cm³/mol. The highest BCUT2D eigenvalue weighted by Crippen LogP contribution is 2.45. The smallest absolute Gasteiger partial charge is 0.475 e. The number of amides is 2. The van der Waals surface area contributed by atoms with E-state index in [0.29, 0.717) is 25.2 Å². The zero-order valence-electron chi connectivity index (χ0n) is 18.8. The molecular weight excluding hydrogens is 520 g/mol. The zero-order chi connectivity index (χ0) is 28.2. The molecule has 1 aliphatic carbocycles. The summed E-state index contributed by atoms with van der Waals surface area (Å²) in [5.74, 6) is -5.53. The van der Waals surface area contributed by atoms with Crippen LogP contribution in [0.3, 0.4) is 0 Å². The SMILES string of the molecule is NCC(=O)N1CCN(C(=O)c2ccnc3[nH]ccc23)C2(CC2)C1.O=C(O)C(F)(F)F.O=C(O)C(F)(F)F. The van der Waals surface area contributed by atoms with Gasteiger partial charge in [-0.2, -0.15) is 26.3 Å². The molecule has 204 valence electrons. The first-order valence-corrected chi connectivity index (χ1v) is 10.4. The number of aliphatic carboxylic acids is 2. The number of nitrogens with two attached hydrogens (primary N) is 1. The number of carboxylic acids is 2. The second-order valence-electron chi connectivity index (χ2n) is 7.90. The van der Waals surface area contributed by atoms with Crippen LogP contribution < -0.4 is 5.73 Å². The Morgan fingerprint density at radius 2 is 1.54 bits per heavy atom. The normalized spacial score (nSPS) is 16.3. The quantitative estimate of drug-likeness (QED) is 0.416. The third-order valence-electron chi connectivity index (χ3n) is 5.43. The van der Waals surface area contributed by atoms with Crippen molar-refractivity contribution in [2.75, 3.05) is 26.2 Å². The molecule has 2 amide bonds. The van der Waals surface area contributed by atoms with Gasteiger partial charge in [0.05, 0.1) is 17.6 Å². The Morgan fingerprint density at radius 3 is 2.00 bits per heavy atom. The van der Waals surface area contributed by atoms with E-state index in [0.717, 1.165) is 23.9 Å². The van der Waals surface area contributed by atoms with Gasteiger partial charge in [0.15, 0.2) is 0 Å². The molecule has 17 heteroatoms. The van der Waals surface area contributed by atoms with Gasteiger partial charge >= 0.3 is 24.3 Å². The van der Waals surface area contributed by atoms with Crippen molar-refractivity contribution in [1.82, 2.24) is 19.8 Å². The first-order chi connectivity index (χ1) is 17.0. The van der Waals surface area contributed by atoms with Crippen molar-refractivity contribution in [2.45, 2.75) is 30.7 Å². The molecule has 0 radical (unpaired) electrons. The summed E-state index contributed by atoms with van der Waals surface area (Å²) in [5, 5.41) is 15.1. The first-order valence-electron chi connectivity index (χ1n) is 10.4. The first kappa shape index (κ1) is 29.3. The third-order valence-corrected chi connectivity index (χ3v) is 5.43. The van der Waals surface area contributed by atoms with E-state index in [1.165, 1.54) is 0 Å². The van der Waals surface area contributed by atoms with Crippen molar-refractivity contribution in [2.24, 2.45) is 5.73 Å². The Labute approximate surface area is 203 Å². The molecule has 1 aliphatic heterocycles. The van der Waals surface area contributed by atoms with Crippen molar-refractivity contribution in [3.63, 3.8) is 0 Å². The van der Waals surface area contributed by atoms with Gasteiger partial charge in [0, 0.05) is 37.4 Å². The van der Waals surface area contributed by atoms with E-state index >= 15 is 0 Å². The van der Waals surface area contributed by atoms with Gasteiger partial charge < -0.3 is 30.7 Å². The van der Waals surface area contributed by atoms with Crippen molar-refractivity contribution in [3.8, 4) is 0 Å². The number of H-pyrrole nitrogens is 1. The van der Waals surface area contributed by atoms with Crippen molar-refractivity contribution in [3.05, 3.63) is 30.1 Å². The van der Waals surface area contributed by atoms with E-state index in [9.17, 15) is 35.9 Å². The number of nitrogens with one attached hydrogen (secondary N) is 1. The molecule has 0 atom stereocenters. The summed E-state index contributed by atoms with van der Waals surface area (Å²) < 4.78 is 63.5. The molecule has 2 aliphatic rings. The van der Waals surface area contributed by atoms with E-state index in [4.69, 9.17) is 25.5 Å². The summed E-state index contributed by atoms with van der Waals surface area (Å²) in [6.07, 6.45) is -4.85. The highest BCUT2D eigenvalue weighted by atomic mass is 19.4. The average molecular weight is 541 g/mol. The number of carbonyl (C=O) groups excluding carboxylic acids is 2. The number of rotatable bonds is 2. The van der Waals surface area contributed by atoms with Gasteiger partial charge in [0.2, 0.25) is 5.91 Å². The van der Waals surface area contributed by atoms with Crippen LogP contribution >= 0.6 is 0 Å². The molecule has 2 aromatic rings. The third kappa shape index (κ3) is 7.31. The van der Waals surface area contributed by atoms with Crippen LogP contribution in [0.1, 0.15) is 23.2 Å². The monoisotopic (exact) mass is 541 g/mol. The molecule has 2 fully saturated rings. The number of piperazine rings is 1. The topological polar surface area (TPSA) is 170 Å². The van der Waals surface area contributed by atoms with Crippen LogP contribution in [0.2, 0.25) is 0 Å². The number of carbonyl (C=O) groups is 4. The van der Waals surface area contributed by atoms with Crippen molar-refractivity contribution in [1.29, 1.82) is 0 Å². The standard InChI is InChI=1S/C16H19N5O2.2C2HF3O2/c17-9-13(22)20-7-8-21(16(10-20)3-4-16)15(23)12-2-6-19-14-11(12)1-5-18-14;2*3-2(4,5)1(6)7/h1-2,5-6H,3-4,7-10,17H2,(H,18,19);2*(H,6,7). The minimum Gasteiger partial charge on any atom is -0.475 e. The minimum absolute atomic E-state index is 0.0225. The van der Waals surface area contributed by atoms with Gasteiger partial charge in [0.1, 0.15) is 5.65 Å². The molecule has 11 nitrogen and oxygen atoms in total. The van der Waals surface area contributed by atoms with Gasteiger partial charge in [0.25, 0.3) is 5.91 Å². The number of hydrogen-bond acceptors (Lipinski definition) is 6. The second-order valence-corrected chi connectivity index (χ2v) is 7.90. The molecule has 1 spiro atoms. The second kappa shape index (κ2) is 11.0. The fraction of sp³-hybridized carbons (Fsp3) is 0.450. The number of alkyl halides is 6. The summed E-state index contributed by atoms with van der Waals surface area (Å²) in [6, 6.07) is 3.65. The maximum absolute atomic E-state index is 13.1. The molecule has 5 N–H and O–H groups in total. The predicted octanol–water partition coefficient (Wildman–Crippen LogP) is 1.61. The maximum Gasteiger partial charge on any atom is 0.490 e. The Balaban J connectivity index is 0.000000286. The number of pyridine rings is 1. The Hall–Kier alpha value is -3.89. The lowest BCUT2D eigenvalue weighted by Crippen LogP contribution is -2.59. The number of nitrogens with zero attached hydrogens (tertiary/aromatic N) is 3. The summed E-state index contributed by atoms with van der Waals surface area (Å²) in [7, 11) is 0. The molecule has 3 heterocycles. The number of aromatic amines is 1. The number of hydrogen-bond donors (Lipinski definition) is 4. The van der Waals surface area contributed by atoms with Crippen LogP contribution in [0.15, 0.2) is 24.5 Å². The lowest BCUT2D eigenvalue weighted by molar-refractivity contribution is -0.193. The summed E-state index contributed by atoms with van der Waals surface area (Å²) in [5.41, 5.74) is 6.65. The van der Waals surface area contributed by atoms with Gasteiger partial charge in [-0.3, -0.25) is 9.59 Å². The Morgan fingerprint density at radius 1 is 1.00 bits per heavy atom. The van der Waals surface area contributed by atoms with E-state index in [2.05, 4.69) is 9.97 Å². The Bertz CT molecular complexity index is 1140. The van der Waals surface area contributed by atoms with Crippen LogP contribution in [-0.4, -0.2) is 97.8 Å². The van der Waals surface area contributed by atoms with Crippen LogP contribution in [0.25, 0.3) is 11.0 Å². The lowest BCUT2D eigenvalue weighted by Gasteiger charge is -2.42. The van der Waals surface area contributed by atoms with Gasteiger partial charge in [-0.15, -0.1) is 0 Å². The fourth-order valence-corrected chi connectivity index (χ4v) is 3.50. The highest BCUT2D eigenvalue weighted by molar-refractivity contribution is 6.06. The lowest BCUT2D eigenvalue weighted by atomic mass is 10.1. The summed E-state index contributed by atoms with van der Waals surface area (Å²) in [6.45, 7) is 1.72. The molecule has 2 aromatic heterocycles. The van der Waals surface area contributed by atoms with Gasteiger partial charge in [-0.25, -0.2) is 14.6 Å². The van der Waals surface area contributed by atoms with Crippen LogP contribution in [-0.2, 0) is 14.4 Å². The van der Waals surface area contributed by atoms with Crippen LogP contribution in [0, 0.1) is 0 Å². The van der Waals surface area contributed by atoms with Crippen molar-refractivity contribution >= 4 is 34.8 Å². The molecule has 1 saturated carbocycles. The summed E-state index contributed by atoms with van der Waals surface area (Å²) in [4.78, 5) is 53.7. The summed E-state index contributed by atoms with van der Waals surface area (Å²) >= 11 is 0. The molecule has 0 bridgehead atoms. The zero-order valence-corrected chi connectivity index (χ0v) is 18.8. The molecule has 0 aromatic carbocycles. The molecule has 37 heavy (non-hydrogen) atoms. The molecule has 4 rings (SSSR count).